The number of phenolic OH excluding ortho intramolecular Hbond substituents is 2. The van der Waals surface area contributed by atoms with Crippen LogP contribution in [0.3, 0.4) is 0 Å². The van der Waals surface area contributed by atoms with Gasteiger partial charge in [-0.1, -0.05) is 24.3 Å². The highest BCUT2D eigenvalue weighted by Crippen LogP contribution is 2.13. The van der Waals surface area contributed by atoms with Crippen LogP contribution in [0.25, 0.3) is 0 Å². The van der Waals surface area contributed by atoms with Gasteiger partial charge >= 0.3 is 11.9 Å². The number of hydrogen-bond acceptors (Lipinski definition) is 6. The van der Waals surface area contributed by atoms with E-state index >= 15 is 0 Å². The van der Waals surface area contributed by atoms with Crippen molar-refractivity contribution in [2.75, 3.05) is 0 Å². The minimum absolute atomic E-state index is 0.160. The van der Waals surface area contributed by atoms with Gasteiger partial charge in [-0.2, -0.15) is 0 Å². The van der Waals surface area contributed by atoms with Crippen molar-refractivity contribution < 1.29 is 43.0 Å². The standard InChI is InChI=1S/C11H13NO4.C9H11NO3/c1-7(13)12-10(11(15)16)6-8-3-2-4-9(14)5-8;10-8(9(12)13)5-6-2-1-3-7(11)4-6/h2-5,10,14H,6H2,1H3,(H,12,13)(H,15,16);1-4,8,11H,5,10H2,(H,12,13)/t10-;8-/m00/s1/i6D2,10D;5D2,8D. The Hall–Kier alpha value is -3.59. The van der Waals surface area contributed by atoms with Crippen LogP contribution in [0.1, 0.15) is 26.3 Å². The van der Waals surface area contributed by atoms with Crippen LogP contribution in [0.4, 0.5) is 0 Å². The van der Waals surface area contributed by atoms with Gasteiger partial charge in [0.1, 0.15) is 23.5 Å². The van der Waals surface area contributed by atoms with Crippen molar-refractivity contribution >= 4 is 17.8 Å². The van der Waals surface area contributed by atoms with Crippen LogP contribution >= 0.6 is 0 Å². The fourth-order valence-electron chi connectivity index (χ4n) is 1.83. The molecule has 2 aromatic rings. The van der Waals surface area contributed by atoms with Gasteiger partial charge in [-0.05, 0) is 41.8 Å². The number of phenols is 2. The predicted molar refractivity (Wildman–Crippen MR) is 104 cm³/mol. The van der Waals surface area contributed by atoms with E-state index in [0.717, 1.165) is 19.1 Å². The molecule has 0 radical (unpaired) electrons. The summed E-state index contributed by atoms with van der Waals surface area (Å²) in [6.45, 7) is 0.991. The van der Waals surface area contributed by atoms with Crippen molar-refractivity contribution in [1.29, 1.82) is 0 Å². The lowest BCUT2D eigenvalue weighted by Crippen LogP contribution is -2.41. The topological polar surface area (TPSA) is 170 Å². The fourth-order valence-corrected chi connectivity index (χ4v) is 1.83. The molecule has 156 valence electrons. The van der Waals surface area contributed by atoms with Crippen LogP contribution in [0.5, 0.6) is 11.5 Å². The number of benzene rings is 2. The molecule has 0 heterocycles. The first-order valence-electron chi connectivity index (χ1n) is 10.9. The molecule has 0 bridgehead atoms. The predicted octanol–water partition coefficient (Wildman–Crippen LogP) is 0.871. The smallest absolute Gasteiger partial charge is 0.326 e. The molecular weight excluding hydrogens is 380 g/mol. The van der Waals surface area contributed by atoms with Crippen molar-refractivity contribution in [2.24, 2.45) is 5.73 Å². The van der Waals surface area contributed by atoms with Gasteiger partial charge in [-0.15, -0.1) is 0 Å². The average Bonchev–Trinajstić information content (AvgIpc) is 2.73. The first kappa shape index (κ1) is 15.3. The maximum Gasteiger partial charge on any atom is 0.326 e. The lowest BCUT2D eigenvalue weighted by Gasteiger charge is -2.13. The monoisotopic (exact) mass is 410 g/mol. The molecule has 0 aliphatic rings. The van der Waals surface area contributed by atoms with Crippen LogP contribution in [0.2, 0.25) is 0 Å². The fraction of sp³-hybridized carbons (Fsp3) is 0.250. The summed E-state index contributed by atoms with van der Waals surface area (Å²) < 4.78 is 45.8. The number of carbonyl (C=O) groups is 3. The van der Waals surface area contributed by atoms with Gasteiger partial charge in [0.2, 0.25) is 5.91 Å². The maximum atomic E-state index is 11.2. The Balaban J connectivity index is 0.000000355. The number of hydrogen-bond donors (Lipinski definition) is 6. The van der Waals surface area contributed by atoms with Crippen LogP contribution < -0.4 is 11.1 Å². The van der Waals surface area contributed by atoms with Gasteiger partial charge in [0.25, 0.3) is 0 Å². The number of carboxylic acid groups (broad SMARTS) is 2. The highest BCUT2D eigenvalue weighted by atomic mass is 16.4. The quantitative estimate of drug-likeness (QED) is 0.390. The van der Waals surface area contributed by atoms with Gasteiger partial charge in [0.15, 0.2) is 0 Å². The van der Waals surface area contributed by atoms with Gasteiger partial charge < -0.3 is 31.5 Å². The van der Waals surface area contributed by atoms with E-state index in [1.54, 1.807) is 5.32 Å². The molecule has 7 N–H and O–H groups in total. The highest BCUT2D eigenvalue weighted by Gasteiger charge is 2.18. The molecule has 0 spiro atoms. The molecular formula is C20H24N2O7. The van der Waals surface area contributed by atoms with Crippen LogP contribution in [0.15, 0.2) is 48.5 Å². The van der Waals surface area contributed by atoms with Crippen LogP contribution in [-0.2, 0) is 27.1 Å². The Bertz CT molecular complexity index is 1110. The summed E-state index contributed by atoms with van der Waals surface area (Å²) in [4.78, 5) is 32.9. The summed E-state index contributed by atoms with van der Waals surface area (Å²) in [5.74, 6) is -4.95. The number of rotatable bonds is 7. The van der Waals surface area contributed by atoms with Crippen molar-refractivity contribution in [3.63, 3.8) is 0 Å². The van der Waals surface area contributed by atoms with Crippen molar-refractivity contribution in [3.8, 4) is 11.5 Å². The van der Waals surface area contributed by atoms with Gasteiger partial charge in [0, 0.05) is 18.8 Å². The van der Waals surface area contributed by atoms with Crippen molar-refractivity contribution in [3.05, 3.63) is 59.7 Å². The molecule has 2 rings (SSSR count). The van der Waals surface area contributed by atoms with Crippen molar-refractivity contribution in [2.45, 2.75) is 31.7 Å². The third kappa shape index (κ3) is 9.25. The molecule has 0 saturated heterocycles. The zero-order chi connectivity index (χ0) is 27.4. The van der Waals surface area contributed by atoms with E-state index < -0.39 is 42.6 Å². The van der Waals surface area contributed by atoms with E-state index in [2.05, 4.69) is 0 Å². The average molecular weight is 410 g/mol. The summed E-state index contributed by atoms with van der Waals surface area (Å²) >= 11 is 0. The first-order chi connectivity index (χ1) is 15.8. The van der Waals surface area contributed by atoms with Crippen LogP contribution in [0, 0.1) is 0 Å². The zero-order valence-electron chi connectivity index (χ0n) is 21.2. The molecule has 2 aromatic carbocycles. The molecule has 9 nitrogen and oxygen atoms in total. The molecule has 9 heteroatoms. The minimum atomic E-state index is -2.90. The summed E-state index contributed by atoms with van der Waals surface area (Å²) in [6.07, 6.45) is -5.35. The first-order valence-corrected chi connectivity index (χ1v) is 7.94. The second-order valence-electron chi connectivity index (χ2n) is 5.43. The molecule has 0 saturated carbocycles. The SMILES string of the molecule is [2H]C([2H])(c1cccc(O)c1)[C@]([2H])(N)C(=O)O.[2H]C([2H])(c1cccc(O)c1)[C@]([2H])(NC(C)=O)C(=O)O. The number of carbonyl (C=O) groups excluding carboxylic acids is 1. The lowest BCUT2D eigenvalue weighted by atomic mass is 10.1. The number of amides is 1. The largest absolute Gasteiger partial charge is 0.508 e. The van der Waals surface area contributed by atoms with E-state index in [-0.39, 0.29) is 22.6 Å². The summed E-state index contributed by atoms with van der Waals surface area (Å²) in [6, 6.07) is 4.08. The zero-order valence-corrected chi connectivity index (χ0v) is 15.2. The molecule has 2 atom stereocenters. The number of carboxylic acids is 2. The second kappa shape index (κ2) is 11.3. The van der Waals surface area contributed by atoms with E-state index in [1.165, 1.54) is 36.4 Å². The third-order valence-corrected chi connectivity index (χ3v) is 2.99. The van der Waals surface area contributed by atoms with E-state index in [9.17, 15) is 19.5 Å². The summed E-state index contributed by atoms with van der Waals surface area (Å²) in [5, 5.41) is 38.0. The Morgan fingerprint density at radius 3 is 1.86 bits per heavy atom. The van der Waals surface area contributed by atoms with Crippen molar-refractivity contribution in [1.82, 2.24) is 5.32 Å². The van der Waals surface area contributed by atoms with Crippen LogP contribution in [-0.4, -0.2) is 50.3 Å². The Labute approximate surface area is 175 Å². The van der Waals surface area contributed by atoms with E-state index in [1.807, 2.05) is 0 Å². The molecule has 0 aliphatic heterocycles. The molecule has 0 aromatic heterocycles. The number of aliphatic carboxylic acids is 2. The molecule has 29 heavy (non-hydrogen) atoms. The van der Waals surface area contributed by atoms with E-state index in [0.29, 0.717) is 0 Å². The molecule has 0 unspecified atom stereocenters. The summed E-state index contributed by atoms with van der Waals surface area (Å²) in [7, 11) is 0. The highest BCUT2D eigenvalue weighted by molar-refractivity contribution is 5.82. The number of aromatic hydroxyl groups is 2. The normalized spacial score (nSPS) is 18.3. The lowest BCUT2D eigenvalue weighted by molar-refractivity contribution is -0.141. The Morgan fingerprint density at radius 1 is 1.00 bits per heavy atom. The number of nitrogens with one attached hydrogen (secondary N) is 1. The second-order valence-corrected chi connectivity index (χ2v) is 5.43. The third-order valence-electron chi connectivity index (χ3n) is 2.99. The molecule has 0 fully saturated rings. The molecule has 1 amide bonds. The molecule has 0 aliphatic carbocycles. The van der Waals surface area contributed by atoms with Gasteiger partial charge in [-0.25, -0.2) is 4.79 Å². The minimum Gasteiger partial charge on any atom is -0.508 e. The number of nitrogens with two attached hydrogens (primary N) is 1. The Kier molecular flexibility index (Phi) is 5.98. The Morgan fingerprint density at radius 2 is 1.48 bits per heavy atom. The van der Waals surface area contributed by atoms with Gasteiger partial charge in [0.05, 0.1) is 2.74 Å². The maximum absolute atomic E-state index is 11.2. The van der Waals surface area contributed by atoms with E-state index in [4.69, 9.17) is 29.3 Å². The summed E-state index contributed by atoms with van der Waals surface area (Å²) in [5.41, 5.74) is 4.75. The van der Waals surface area contributed by atoms with Gasteiger partial charge in [-0.3, -0.25) is 9.59 Å².